The van der Waals surface area contributed by atoms with Gasteiger partial charge in [-0.2, -0.15) is 13.2 Å². The van der Waals surface area contributed by atoms with Crippen molar-refractivity contribution in [3.63, 3.8) is 0 Å². The van der Waals surface area contributed by atoms with Gasteiger partial charge in [0.05, 0.1) is 11.3 Å². The number of aryl methyl sites for hydroxylation is 1. The molecule has 0 bridgehead atoms. The van der Waals surface area contributed by atoms with E-state index in [9.17, 15) is 18.0 Å². The van der Waals surface area contributed by atoms with E-state index in [1.165, 1.54) is 24.4 Å². The Kier molecular flexibility index (Phi) is 6.50. The molecule has 4 rings (SSSR count). The number of hydrogen-bond donors (Lipinski definition) is 1. The molecule has 5 nitrogen and oxygen atoms in total. The number of nitrogens with zero attached hydrogens (tertiary/aromatic N) is 2. The second kappa shape index (κ2) is 9.09. The zero-order valence-electron chi connectivity index (χ0n) is 17.4. The lowest BCUT2D eigenvalue weighted by Crippen LogP contribution is -2.42. The zero-order chi connectivity index (χ0) is 24.7. The average molecular weight is 529 g/mol. The van der Waals surface area contributed by atoms with Gasteiger partial charge in [-0.25, -0.2) is 4.98 Å². The molecule has 0 spiro atoms. The molecule has 176 valence electrons. The van der Waals surface area contributed by atoms with E-state index in [0.717, 1.165) is 12.1 Å². The quantitative estimate of drug-likeness (QED) is 0.365. The molecular formula is C23H15Cl3F3N3O2. The number of amides is 1. The van der Waals surface area contributed by atoms with Crippen molar-refractivity contribution >= 4 is 52.1 Å². The summed E-state index contributed by atoms with van der Waals surface area (Å²) in [5.41, 5.74) is -1.41. The van der Waals surface area contributed by atoms with Crippen molar-refractivity contribution in [2.24, 2.45) is 5.16 Å². The topological polar surface area (TPSA) is 63.6 Å². The fourth-order valence-corrected chi connectivity index (χ4v) is 4.26. The molecule has 1 N–H and O–H groups in total. The number of hydrogen-bond acceptors (Lipinski definition) is 4. The van der Waals surface area contributed by atoms with Crippen molar-refractivity contribution < 1.29 is 22.8 Å². The van der Waals surface area contributed by atoms with Gasteiger partial charge in [0.25, 0.3) is 11.5 Å². The fraction of sp³-hybridized carbons (Fsp3) is 0.174. The number of anilines is 1. The SMILES string of the molecule is Cc1ccc(C2=NOC(c3cc(Cl)cc(Cl)c3)(C(F)(F)F)C2)cc1NC(=O)c1cccnc1Cl. The number of alkyl halides is 3. The molecule has 0 fully saturated rings. The van der Waals surface area contributed by atoms with Crippen molar-refractivity contribution in [2.45, 2.75) is 25.1 Å². The molecule has 1 unspecified atom stereocenters. The fourth-order valence-electron chi connectivity index (χ4n) is 3.53. The molecule has 0 saturated carbocycles. The van der Waals surface area contributed by atoms with Crippen LogP contribution in [-0.4, -0.2) is 22.8 Å². The number of oxime groups is 1. The van der Waals surface area contributed by atoms with E-state index >= 15 is 0 Å². The van der Waals surface area contributed by atoms with Crippen LogP contribution in [0, 0.1) is 6.92 Å². The second-order valence-electron chi connectivity index (χ2n) is 7.61. The number of aromatic nitrogens is 1. The number of nitrogens with one attached hydrogen (secondary N) is 1. The molecule has 3 aromatic rings. The number of halogens is 6. The monoisotopic (exact) mass is 527 g/mol. The van der Waals surface area contributed by atoms with Gasteiger partial charge in [0.1, 0.15) is 5.15 Å². The van der Waals surface area contributed by atoms with E-state index in [1.54, 1.807) is 25.1 Å². The minimum atomic E-state index is -4.81. The predicted molar refractivity (Wildman–Crippen MR) is 125 cm³/mol. The van der Waals surface area contributed by atoms with Gasteiger partial charge in [0.2, 0.25) is 0 Å². The number of pyridine rings is 1. The Balaban J connectivity index is 1.66. The first-order valence-electron chi connectivity index (χ1n) is 9.81. The summed E-state index contributed by atoms with van der Waals surface area (Å²) in [5.74, 6) is -0.513. The summed E-state index contributed by atoms with van der Waals surface area (Å²) in [6, 6.07) is 11.5. The Morgan fingerprint density at radius 1 is 1.09 bits per heavy atom. The van der Waals surface area contributed by atoms with Gasteiger partial charge in [0.15, 0.2) is 0 Å². The maximum Gasteiger partial charge on any atom is 0.435 e. The van der Waals surface area contributed by atoms with E-state index in [0.29, 0.717) is 16.8 Å². The van der Waals surface area contributed by atoms with Crippen LogP contribution in [0.3, 0.4) is 0 Å². The lowest BCUT2D eigenvalue weighted by Gasteiger charge is -2.29. The summed E-state index contributed by atoms with van der Waals surface area (Å²) in [7, 11) is 0. The van der Waals surface area contributed by atoms with Crippen LogP contribution in [0.5, 0.6) is 0 Å². The van der Waals surface area contributed by atoms with E-state index < -0.39 is 24.1 Å². The van der Waals surface area contributed by atoms with Gasteiger partial charge in [0, 0.05) is 39.5 Å². The molecule has 1 aromatic heterocycles. The second-order valence-corrected chi connectivity index (χ2v) is 8.85. The van der Waals surface area contributed by atoms with Crippen LogP contribution < -0.4 is 5.32 Å². The highest BCUT2D eigenvalue weighted by Crippen LogP contribution is 2.49. The minimum absolute atomic E-state index is 0.0255. The lowest BCUT2D eigenvalue weighted by atomic mass is 9.86. The van der Waals surface area contributed by atoms with Crippen LogP contribution in [0.4, 0.5) is 18.9 Å². The normalized spacial score (nSPS) is 17.8. The van der Waals surface area contributed by atoms with Gasteiger partial charge in [-0.15, -0.1) is 0 Å². The van der Waals surface area contributed by atoms with Gasteiger partial charge in [-0.1, -0.05) is 52.1 Å². The van der Waals surface area contributed by atoms with Crippen molar-refractivity contribution in [1.82, 2.24) is 4.98 Å². The van der Waals surface area contributed by atoms with Crippen molar-refractivity contribution in [1.29, 1.82) is 0 Å². The average Bonchev–Trinajstić information content (AvgIpc) is 3.22. The van der Waals surface area contributed by atoms with E-state index in [2.05, 4.69) is 15.5 Å². The summed E-state index contributed by atoms with van der Waals surface area (Å²) in [4.78, 5) is 21.5. The van der Waals surface area contributed by atoms with E-state index in [-0.39, 0.29) is 32.0 Å². The smallest absolute Gasteiger partial charge is 0.374 e. The molecule has 1 amide bonds. The molecule has 34 heavy (non-hydrogen) atoms. The van der Waals surface area contributed by atoms with Crippen LogP contribution in [-0.2, 0) is 10.4 Å². The molecule has 0 radical (unpaired) electrons. The van der Waals surface area contributed by atoms with Crippen molar-refractivity contribution in [3.8, 4) is 0 Å². The molecule has 1 aliphatic heterocycles. The Morgan fingerprint density at radius 3 is 2.44 bits per heavy atom. The van der Waals surface area contributed by atoms with E-state index in [1.807, 2.05) is 0 Å². The lowest BCUT2D eigenvalue weighted by molar-refractivity contribution is -0.275. The summed E-state index contributed by atoms with van der Waals surface area (Å²) in [6.45, 7) is 1.74. The molecule has 11 heteroatoms. The first kappa shape index (κ1) is 24.3. The first-order chi connectivity index (χ1) is 16.0. The number of benzene rings is 2. The minimum Gasteiger partial charge on any atom is -0.374 e. The number of carbonyl (C=O) groups excluding carboxylic acids is 1. The third kappa shape index (κ3) is 4.58. The third-order valence-corrected chi connectivity index (χ3v) is 6.08. The van der Waals surface area contributed by atoms with Gasteiger partial charge >= 0.3 is 6.18 Å². The molecular weight excluding hydrogens is 514 g/mol. The van der Waals surface area contributed by atoms with Crippen LogP contribution in [0.25, 0.3) is 0 Å². The zero-order valence-corrected chi connectivity index (χ0v) is 19.6. The molecule has 1 aliphatic rings. The third-order valence-electron chi connectivity index (χ3n) is 5.34. The van der Waals surface area contributed by atoms with Crippen LogP contribution in [0.1, 0.15) is 33.5 Å². The molecule has 2 heterocycles. The van der Waals surface area contributed by atoms with Crippen LogP contribution in [0.2, 0.25) is 15.2 Å². The highest BCUT2D eigenvalue weighted by Gasteiger charge is 2.62. The molecule has 0 aliphatic carbocycles. The van der Waals surface area contributed by atoms with Gasteiger partial charge < -0.3 is 10.2 Å². The summed E-state index contributed by atoms with van der Waals surface area (Å²) >= 11 is 17.9. The highest BCUT2D eigenvalue weighted by molar-refractivity contribution is 6.34. The summed E-state index contributed by atoms with van der Waals surface area (Å²) in [6.07, 6.45) is -3.98. The van der Waals surface area contributed by atoms with Crippen LogP contribution in [0.15, 0.2) is 59.9 Å². The summed E-state index contributed by atoms with van der Waals surface area (Å²) in [5, 5.41) is 6.57. The van der Waals surface area contributed by atoms with Crippen molar-refractivity contribution in [2.75, 3.05) is 5.32 Å². The molecule has 2 aromatic carbocycles. The highest BCUT2D eigenvalue weighted by atomic mass is 35.5. The Labute approximate surface area is 207 Å². The first-order valence-corrected chi connectivity index (χ1v) is 10.9. The van der Waals surface area contributed by atoms with Gasteiger partial charge in [-0.3, -0.25) is 4.79 Å². The Bertz CT molecular complexity index is 1290. The maximum atomic E-state index is 14.2. The van der Waals surface area contributed by atoms with Crippen LogP contribution >= 0.6 is 34.8 Å². The standard InChI is InChI=1S/C23H15Cl3F3N3O2/c1-12-4-5-13(7-18(12)31-21(33)17-3-2-6-30-20(17)26)19-11-22(34-32-19,23(27,28)29)14-8-15(24)10-16(25)9-14/h2-10H,11H2,1H3,(H,31,33). The molecule has 1 atom stereocenters. The van der Waals surface area contributed by atoms with E-state index in [4.69, 9.17) is 39.6 Å². The summed E-state index contributed by atoms with van der Waals surface area (Å²) < 4.78 is 42.7. The largest absolute Gasteiger partial charge is 0.435 e. The van der Waals surface area contributed by atoms with Crippen molar-refractivity contribution in [3.05, 3.63) is 92.2 Å². The number of rotatable bonds is 4. The predicted octanol–water partition coefficient (Wildman–Crippen LogP) is 7.18. The maximum absolute atomic E-state index is 14.2. The Hall–Kier alpha value is -2.81. The number of carbonyl (C=O) groups is 1. The molecule has 0 saturated heterocycles. The Morgan fingerprint density at radius 2 is 1.79 bits per heavy atom. The van der Waals surface area contributed by atoms with Gasteiger partial charge in [-0.05, 0) is 48.9 Å².